The zero-order valence-corrected chi connectivity index (χ0v) is 10.1. The molecule has 18 heavy (non-hydrogen) atoms. The average molecular weight is 247 g/mol. The number of ether oxygens (including phenoxy) is 1. The molecule has 0 bridgehead atoms. The third-order valence-corrected chi connectivity index (χ3v) is 3.74. The van der Waals surface area contributed by atoms with Crippen molar-refractivity contribution in [3.8, 4) is 0 Å². The van der Waals surface area contributed by atoms with E-state index in [1.54, 1.807) is 0 Å². The summed E-state index contributed by atoms with van der Waals surface area (Å²) in [5.41, 5.74) is 7.26. The lowest BCUT2D eigenvalue weighted by Crippen LogP contribution is -2.40. The van der Waals surface area contributed by atoms with Crippen LogP contribution in [0.4, 0.5) is 5.69 Å². The monoisotopic (exact) mass is 247 g/mol. The molecule has 2 unspecified atom stereocenters. The Morgan fingerprint density at radius 2 is 2.22 bits per heavy atom. The van der Waals surface area contributed by atoms with E-state index in [4.69, 9.17) is 10.5 Å². The molecule has 0 radical (unpaired) electrons. The van der Waals surface area contributed by atoms with E-state index in [9.17, 15) is 4.79 Å². The minimum absolute atomic E-state index is 0.284. The molecule has 0 aliphatic carbocycles. The summed E-state index contributed by atoms with van der Waals surface area (Å²) in [6, 6.07) is 7.82. The number of carbonyl (C=O) groups excluding carboxylic acids is 1. The van der Waals surface area contributed by atoms with Crippen LogP contribution in [0.2, 0.25) is 0 Å². The molecule has 1 amide bonds. The smallest absolute Gasteiger partial charge is 0.234 e. The van der Waals surface area contributed by atoms with Gasteiger partial charge in [0.05, 0.1) is 12.6 Å². The Hall–Kier alpha value is -1.59. The average Bonchev–Trinajstić information content (AvgIpc) is 2.71. The number of hydrogen-bond donors (Lipinski definition) is 3. The number of nitrogens with two attached hydrogens (primary N) is 1. The standard InChI is InChI=1S/C13H17N3O2/c14-12(17)11-5-13(8-16-11)7-15-10-4-2-1-3-9(10)6-18-13/h1-4,11,15-16H,5-8H2,(H2,14,17). The van der Waals surface area contributed by atoms with Crippen molar-refractivity contribution in [2.45, 2.75) is 24.7 Å². The second-order valence-electron chi connectivity index (χ2n) is 5.02. The lowest BCUT2D eigenvalue weighted by atomic mass is 9.99. The Morgan fingerprint density at radius 3 is 3.00 bits per heavy atom. The number of benzene rings is 1. The van der Waals surface area contributed by atoms with E-state index < -0.39 is 0 Å². The molecule has 3 rings (SSSR count). The van der Waals surface area contributed by atoms with Crippen molar-refractivity contribution in [3.63, 3.8) is 0 Å². The maximum Gasteiger partial charge on any atom is 0.234 e. The molecule has 96 valence electrons. The molecule has 2 heterocycles. The summed E-state index contributed by atoms with van der Waals surface area (Å²) in [4.78, 5) is 11.2. The van der Waals surface area contributed by atoms with Gasteiger partial charge in [-0.3, -0.25) is 4.79 Å². The lowest BCUT2D eigenvalue weighted by molar-refractivity contribution is -0.120. The summed E-state index contributed by atoms with van der Waals surface area (Å²) in [5.74, 6) is -0.308. The molecule has 1 fully saturated rings. The molecule has 2 aliphatic heterocycles. The van der Waals surface area contributed by atoms with E-state index >= 15 is 0 Å². The molecule has 1 aromatic carbocycles. The van der Waals surface area contributed by atoms with Gasteiger partial charge in [-0.15, -0.1) is 0 Å². The van der Waals surface area contributed by atoms with E-state index in [2.05, 4.69) is 16.7 Å². The van der Waals surface area contributed by atoms with Crippen LogP contribution in [0.15, 0.2) is 24.3 Å². The zero-order chi connectivity index (χ0) is 12.6. The Morgan fingerprint density at radius 1 is 1.39 bits per heavy atom. The summed E-state index contributed by atoms with van der Waals surface area (Å²) in [5, 5.41) is 6.53. The molecule has 4 N–H and O–H groups in total. The number of fused-ring (bicyclic) bond motifs is 1. The van der Waals surface area contributed by atoms with Crippen molar-refractivity contribution in [2.24, 2.45) is 5.73 Å². The van der Waals surface area contributed by atoms with Crippen molar-refractivity contribution in [3.05, 3.63) is 29.8 Å². The first-order valence-corrected chi connectivity index (χ1v) is 6.17. The first kappa shape index (κ1) is 11.5. The zero-order valence-electron chi connectivity index (χ0n) is 10.1. The van der Waals surface area contributed by atoms with Gasteiger partial charge in [0.15, 0.2) is 0 Å². The molecule has 5 nitrogen and oxygen atoms in total. The SMILES string of the molecule is NC(=O)C1CC2(CNc3ccccc3CO2)CN1. The molecule has 1 spiro atoms. The molecule has 2 atom stereocenters. The number of anilines is 1. The second-order valence-corrected chi connectivity index (χ2v) is 5.02. The van der Waals surface area contributed by atoms with Crippen molar-refractivity contribution in [1.82, 2.24) is 5.32 Å². The number of amides is 1. The van der Waals surface area contributed by atoms with Gasteiger partial charge in [0.25, 0.3) is 0 Å². The van der Waals surface area contributed by atoms with E-state index in [1.807, 2.05) is 18.2 Å². The van der Waals surface area contributed by atoms with Gasteiger partial charge in [0.1, 0.15) is 5.60 Å². The van der Waals surface area contributed by atoms with E-state index in [0.717, 1.165) is 11.3 Å². The van der Waals surface area contributed by atoms with Gasteiger partial charge in [0, 0.05) is 30.8 Å². The number of nitrogens with one attached hydrogen (secondary N) is 2. The highest BCUT2D eigenvalue weighted by atomic mass is 16.5. The number of rotatable bonds is 1. The van der Waals surface area contributed by atoms with Crippen LogP contribution < -0.4 is 16.4 Å². The molecular formula is C13H17N3O2. The fraction of sp³-hybridized carbons (Fsp3) is 0.462. The summed E-state index contributed by atoms with van der Waals surface area (Å²) >= 11 is 0. The first-order chi connectivity index (χ1) is 8.69. The number of carbonyl (C=O) groups is 1. The van der Waals surface area contributed by atoms with Crippen molar-refractivity contribution in [2.75, 3.05) is 18.4 Å². The number of primary amides is 1. The summed E-state index contributed by atoms with van der Waals surface area (Å²) in [7, 11) is 0. The Kier molecular flexibility index (Phi) is 2.72. The molecule has 0 saturated carbocycles. The van der Waals surface area contributed by atoms with Gasteiger partial charge in [-0.25, -0.2) is 0 Å². The Bertz CT molecular complexity index is 448. The molecule has 2 aliphatic rings. The van der Waals surface area contributed by atoms with Gasteiger partial charge in [-0.1, -0.05) is 18.2 Å². The van der Waals surface area contributed by atoms with E-state index in [0.29, 0.717) is 26.1 Å². The summed E-state index contributed by atoms with van der Waals surface area (Å²) < 4.78 is 6.03. The van der Waals surface area contributed by atoms with Crippen LogP contribution in [0.5, 0.6) is 0 Å². The predicted octanol–water partition coefficient (Wildman–Crippen LogP) is 0.215. The van der Waals surface area contributed by atoms with Crippen LogP contribution in [0.25, 0.3) is 0 Å². The summed E-state index contributed by atoms with van der Waals surface area (Å²) in [6.07, 6.45) is 0.628. The largest absolute Gasteiger partial charge is 0.382 e. The Labute approximate surface area is 106 Å². The molecule has 0 aromatic heterocycles. The number of hydrogen-bond acceptors (Lipinski definition) is 4. The van der Waals surface area contributed by atoms with Crippen LogP contribution in [0.3, 0.4) is 0 Å². The maximum absolute atomic E-state index is 11.2. The third kappa shape index (κ3) is 1.95. The van der Waals surface area contributed by atoms with Gasteiger partial charge in [-0.05, 0) is 6.07 Å². The van der Waals surface area contributed by atoms with Crippen LogP contribution >= 0.6 is 0 Å². The maximum atomic E-state index is 11.2. The van der Waals surface area contributed by atoms with Gasteiger partial charge in [-0.2, -0.15) is 0 Å². The molecule has 5 heteroatoms. The highest BCUT2D eigenvalue weighted by Gasteiger charge is 2.43. The minimum atomic E-state index is -0.335. The normalized spacial score (nSPS) is 30.6. The lowest BCUT2D eigenvalue weighted by Gasteiger charge is -2.26. The molecule has 1 aromatic rings. The van der Waals surface area contributed by atoms with Gasteiger partial charge < -0.3 is 21.1 Å². The fourth-order valence-electron chi connectivity index (χ4n) is 2.63. The van der Waals surface area contributed by atoms with Crippen molar-refractivity contribution in [1.29, 1.82) is 0 Å². The number of para-hydroxylation sites is 1. The van der Waals surface area contributed by atoms with Crippen LogP contribution in [-0.2, 0) is 16.1 Å². The highest BCUT2D eigenvalue weighted by molar-refractivity contribution is 5.80. The molecular weight excluding hydrogens is 230 g/mol. The predicted molar refractivity (Wildman–Crippen MR) is 68.1 cm³/mol. The highest BCUT2D eigenvalue weighted by Crippen LogP contribution is 2.30. The fourth-order valence-corrected chi connectivity index (χ4v) is 2.63. The van der Waals surface area contributed by atoms with E-state index in [1.165, 1.54) is 0 Å². The first-order valence-electron chi connectivity index (χ1n) is 6.17. The van der Waals surface area contributed by atoms with Crippen molar-refractivity contribution >= 4 is 11.6 Å². The third-order valence-electron chi connectivity index (χ3n) is 3.74. The van der Waals surface area contributed by atoms with Crippen LogP contribution in [-0.4, -0.2) is 30.6 Å². The molecule has 1 saturated heterocycles. The minimum Gasteiger partial charge on any atom is -0.382 e. The van der Waals surface area contributed by atoms with Gasteiger partial charge >= 0.3 is 0 Å². The van der Waals surface area contributed by atoms with Crippen LogP contribution in [0, 0.1) is 0 Å². The van der Waals surface area contributed by atoms with Crippen molar-refractivity contribution < 1.29 is 9.53 Å². The Balaban J connectivity index is 1.77. The topological polar surface area (TPSA) is 76.4 Å². The van der Waals surface area contributed by atoms with Crippen LogP contribution in [0.1, 0.15) is 12.0 Å². The quantitative estimate of drug-likeness (QED) is 0.663. The summed E-state index contributed by atoms with van der Waals surface area (Å²) in [6.45, 7) is 1.92. The second kappa shape index (κ2) is 4.26. The van der Waals surface area contributed by atoms with Gasteiger partial charge in [0.2, 0.25) is 5.91 Å². The van der Waals surface area contributed by atoms with E-state index in [-0.39, 0.29) is 17.6 Å².